The summed E-state index contributed by atoms with van der Waals surface area (Å²) in [6.45, 7) is 0. The molecular formula is C65H37N5OS. The van der Waals surface area contributed by atoms with Gasteiger partial charge in [0.2, 0.25) is 0 Å². The van der Waals surface area contributed by atoms with E-state index in [1.165, 1.54) is 47.1 Å². The van der Waals surface area contributed by atoms with Crippen molar-refractivity contribution >= 4 is 119 Å². The van der Waals surface area contributed by atoms with Gasteiger partial charge in [0.15, 0.2) is 17.5 Å². The summed E-state index contributed by atoms with van der Waals surface area (Å²) < 4.78 is 14.3. The van der Waals surface area contributed by atoms with Gasteiger partial charge in [0, 0.05) is 75.0 Å². The Morgan fingerprint density at radius 3 is 1.72 bits per heavy atom. The van der Waals surface area contributed by atoms with Gasteiger partial charge in [-0.2, -0.15) is 0 Å². The summed E-state index contributed by atoms with van der Waals surface area (Å²) in [5.41, 5.74) is 10.6. The molecule has 0 amide bonds. The third-order valence-corrected chi connectivity index (χ3v) is 15.9. The van der Waals surface area contributed by atoms with Gasteiger partial charge < -0.3 is 13.6 Å². The van der Waals surface area contributed by atoms with E-state index in [1.807, 2.05) is 0 Å². The van der Waals surface area contributed by atoms with Crippen molar-refractivity contribution in [1.82, 2.24) is 24.1 Å². The number of para-hydroxylation sites is 3. The van der Waals surface area contributed by atoms with Gasteiger partial charge in [-0.3, -0.25) is 0 Å². The number of benzene rings is 11. The van der Waals surface area contributed by atoms with Gasteiger partial charge in [-0.25, -0.2) is 15.0 Å². The second kappa shape index (κ2) is 15.0. The molecule has 0 unspecified atom stereocenters. The zero-order valence-electron chi connectivity index (χ0n) is 38.4. The van der Waals surface area contributed by atoms with Crippen molar-refractivity contribution in [2.45, 2.75) is 0 Å². The number of nitrogens with zero attached hydrogens (tertiary/aromatic N) is 5. The summed E-state index contributed by atoms with van der Waals surface area (Å²) in [6.07, 6.45) is 0. The first-order valence-corrected chi connectivity index (χ1v) is 25.1. The first-order valence-electron chi connectivity index (χ1n) is 24.2. The second-order valence-electron chi connectivity index (χ2n) is 18.7. The number of rotatable bonds is 5. The topological polar surface area (TPSA) is 61.7 Å². The average molecular weight is 936 g/mol. The molecule has 0 fully saturated rings. The van der Waals surface area contributed by atoms with Crippen LogP contribution in [0.4, 0.5) is 0 Å². The minimum Gasteiger partial charge on any atom is -0.455 e. The smallest absolute Gasteiger partial charge is 0.167 e. The molecule has 5 heterocycles. The minimum atomic E-state index is 0.524. The molecule has 7 heteroatoms. The van der Waals surface area contributed by atoms with Gasteiger partial charge in [0.05, 0.1) is 27.6 Å². The molecule has 0 atom stereocenters. The summed E-state index contributed by atoms with van der Waals surface area (Å²) in [5, 5.41) is 13.8. The molecule has 334 valence electrons. The maximum Gasteiger partial charge on any atom is 0.167 e. The molecule has 11 aromatic carbocycles. The Hall–Kier alpha value is -9.43. The highest BCUT2D eigenvalue weighted by molar-refractivity contribution is 7.25. The van der Waals surface area contributed by atoms with E-state index in [2.05, 4.69) is 234 Å². The van der Waals surface area contributed by atoms with Crippen molar-refractivity contribution in [2.75, 3.05) is 0 Å². The molecule has 0 aliphatic heterocycles. The Morgan fingerprint density at radius 2 is 0.917 bits per heavy atom. The van der Waals surface area contributed by atoms with Crippen LogP contribution in [-0.4, -0.2) is 24.1 Å². The largest absolute Gasteiger partial charge is 0.455 e. The molecule has 0 radical (unpaired) electrons. The van der Waals surface area contributed by atoms with Gasteiger partial charge in [0.25, 0.3) is 0 Å². The van der Waals surface area contributed by atoms with E-state index in [1.54, 1.807) is 11.3 Å². The molecule has 16 rings (SSSR count). The summed E-state index contributed by atoms with van der Waals surface area (Å²) in [6, 6.07) is 80.3. The Labute approximate surface area is 414 Å². The quantitative estimate of drug-likeness (QED) is 0.172. The van der Waals surface area contributed by atoms with Crippen LogP contribution in [0.15, 0.2) is 229 Å². The first kappa shape index (κ1) is 39.4. The number of fused-ring (bicyclic) bond motifs is 15. The van der Waals surface area contributed by atoms with Crippen LogP contribution in [-0.2, 0) is 0 Å². The van der Waals surface area contributed by atoms with Crippen LogP contribution < -0.4 is 0 Å². The van der Waals surface area contributed by atoms with Crippen LogP contribution in [0, 0.1) is 0 Å². The lowest BCUT2D eigenvalue weighted by Gasteiger charge is -2.13. The van der Waals surface area contributed by atoms with Crippen LogP contribution in [0.25, 0.3) is 153 Å². The summed E-state index contributed by atoms with van der Waals surface area (Å²) in [4.78, 5) is 16.5. The van der Waals surface area contributed by atoms with E-state index in [4.69, 9.17) is 19.4 Å². The van der Waals surface area contributed by atoms with Gasteiger partial charge in [0.1, 0.15) is 11.2 Å². The predicted octanol–water partition coefficient (Wildman–Crippen LogP) is 17.6. The average Bonchev–Trinajstić information content (AvgIpc) is 4.19. The number of hydrogen-bond acceptors (Lipinski definition) is 5. The van der Waals surface area contributed by atoms with E-state index in [0.29, 0.717) is 17.5 Å². The van der Waals surface area contributed by atoms with Crippen LogP contribution >= 0.6 is 11.3 Å². The maximum atomic E-state index is 7.08. The Morgan fingerprint density at radius 1 is 0.333 bits per heavy atom. The van der Waals surface area contributed by atoms with Crippen molar-refractivity contribution in [3.63, 3.8) is 0 Å². The van der Waals surface area contributed by atoms with E-state index < -0.39 is 0 Å². The summed E-state index contributed by atoms with van der Waals surface area (Å²) in [7, 11) is 0. The van der Waals surface area contributed by atoms with Crippen molar-refractivity contribution in [2.24, 2.45) is 0 Å². The molecule has 0 aliphatic carbocycles. The fraction of sp³-hybridized carbons (Fsp3) is 0. The van der Waals surface area contributed by atoms with E-state index in [9.17, 15) is 0 Å². The molecular weight excluding hydrogens is 899 g/mol. The predicted molar refractivity (Wildman–Crippen MR) is 300 cm³/mol. The van der Waals surface area contributed by atoms with E-state index in [-0.39, 0.29) is 0 Å². The Bertz CT molecular complexity index is 4940. The fourth-order valence-corrected chi connectivity index (χ4v) is 12.5. The molecule has 72 heavy (non-hydrogen) atoms. The minimum absolute atomic E-state index is 0.524. The molecule has 5 aromatic heterocycles. The van der Waals surface area contributed by atoms with Crippen molar-refractivity contribution in [3.05, 3.63) is 224 Å². The van der Waals surface area contributed by atoms with Gasteiger partial charge in [-0.05, 0) is 106 Å². The number of aromatic nitrogens is 5. The third-order valence-electron chi connectivity index (χ3n) is 14.7. The van der Waals surface area contributed by atoms with Crippen molar-refractivity contribution in [1.29, 1.82) is 0 Å². The van der Waals surface area contributed by atoms with Gasteiger partial charge >= 0.3 is 0 Å². The Kier molecular flexibility index (Phi) is 8.23. The highest BCUT2D eigenvalue weighted by Gasteiger charge is 2.24. The molecule has 6 nitrogen and oxygen atoms in total. The molecule has 0 bridgehead atoms. The monoisotopic (exact) mass is 935 g/mol. The van der Waals surface area contributed by atoms with Crippen LogP contribution in [0.1, 0.15) is 0 Å². The van der Waals surface area contributed by atoms with Gasteiger partial charge in [-0.15, -0.1) is 11.3 Å². The highest BCUT2D eigenvalue weighted by atomic mass is 32.1. The lowest BCUT2D eigenvalue weighted by molar-refractivity contribution is 0.669. The number of furan rings is 1. The van der Waals surface area contributed by atoms with Gasteiger partial charge in [-0.1, -0.05) is 140 Å². The Balaban J connectivity index is 1.01. The van der Waals surface area contributed by atoms with Crippen LogP contribution in [0.5, 0.6) is 0 Å². The lowest BCUT2D eigenvalue weighted by Crippen LogP contribution is -2.02. The van der Waals surface area contributed by atoms with E-state index >= 15 is 0 Å². The standard InChI is InChI=1S/C65H37N5OS/c1-2-17-43(18-3-1)69-54-23-11-8-20-46(54)48-29-26-42(35-56(48)69)64-66-63(41-28-31-60-51(33-41)49-22-10-13-25-59(49)72-60)67-65(68-64)53-37-44(36-52-61-45-19-7-6-14-38(45)27-30-58(61)71-62(52)53)70-55-24-12-9-21-47(55)50-32-39-15-4-5-16-40(39)34-57(50)70/h1-37H. The summed E-state index contributed by atoms with van der Waals surface area (Å²) in [5.74, 6) is 1.68. The van der Waals surface area contributed by atoms with Crippen molar-refractivity contribution in [3.8, 4) is 45.5 Å². The number of hydrogen-bond donors (Lipinski definition) is 0. The normalized spacial score (nSPS) is 12.2. The molecule has 0 aliphatic rings. The van der Waals surface area contributed by atoms with Crippen LogP contribution in [0.3, 0.4) is 0 Å². The maximum absolute atomic E-state index is 7.08. The zero-order valence-corrected chi connectivity index (χ0v) is 39.2. The highest BCUT2D eigenvalue weighted by Crippen LogP contribution is 2.44. The van der Waals surface area contributed by atoms with Crippen molar-refractivity contribution < 1.29 is 4.42 Å². The number of thiophene rings is 1. The second-order valence-corrected chi connectivity index (χ2v) is 19.8. The third kappa shape index (κ3) is 5.80. The first-order chi connectivity index (χ1) is 35.7. The SMILES string of the molecule is c1ccc(-n2c3ccccc3c3ccc(-c4nc(-c5ccc6sc7ccccc7c6c5)nc(-c5cc(-n6c7ccccc7c7cc8ccccc8cc76)cc6c5oc5ccc7ccccc7c56)n4)cc32)cc1. The molecule has 16 aromatic rings. The molecule has 0 N–H and O–H groups in total. The molecule has 0 spiro atoms. The molecule has 0 saturated carbocycles. The lowest BCUT2D eigenvalue weighted by atomic mass is 10.0. The molecule has 0 saturated heterocycles. The fourth-order valence-electron chi connectivity index (χ4n) is 11.4. The summed E-state index contributed by atoms with van der Waals surface area (Å²) >= 11 is 1.80. The zero-order chi connectivity index (χ0) is 47.0. The van der Waals surface area contributed by atoms with E-state index in [0.717, 1.165) is 88.2 Å². The van der Waals surface area contributed by atoms with Crippen LogP contribution in [0.2, 0.25) is 0 Å².